The Hall–Kier alpha value is -3.10. The zero-order valence-corrected chi connectivity index (χ0v) is 12.3. The molecule has 2 heterocycles. The van der Waals surface area contributed by atoms with E-state index < -0.39 is 34.4 Å². The number of aliphatic imine (C=N–C) groups is 1. The number of nitro groups is 1. The van der Waals surface area contributed by atoms with E-state index in [1.54, 1.807) is 0 Å². The Morgan fingerprint density at radius 2 is 1.96 bits per heavy atom. The zero-order valence-electron chi connectivity index (χ0n) is 12.3. The van der Waals surface area contributed by atoms with Crippen LogP contribution >= 0.6 is 0 Å². The highest BCUT2D eigenvalue weighted by molar-refractivity contribution is 6.06. The maximum Gasteiger partial charge on any atom is 0.334 e. The van der Waals surface area contributed by atoms with Crippen LogP contribution < -0.4 is 0 Å². The predicted molar refractivity (Wildman–Crippen MR) is 78.2 cm³/mol. The van der Waals surface area contributed by atoms with Crippen LogP contribution in [0.25, 0.3) is 0 Å². The molecule has 2 atom stereocenters. The summed E-state index contributed by atoms with van der Waals surface area (Å²) in [5.74, 6) is -5.32. The van der Waals surface area contributed by atoms with Gasteiger partial charge in [0.2, 0.25) is 0 Å². The van der Waals surface area contributed by atoms with Gasteiger partial charge in [0.1, 0.15) is 11.6 Å². The molecule has 9 nitrogen and oxygen atoms in total. The fourth-order valence-corrected chi connectivity index (χ4v) is 2.73. The third-order valence-corrected chi connectivity index (χ3v) is 3.63. The number of aromatic nitrogens is 1. The minimum atomic E-state index is -1.38. The van der Waals surface area contributed by atoms with Crippen molar-refractivity contribution < 1.29 is 24.7 Å². The second kappa shape index (κ2) is 5.95. The van der Waals surface area contributed by atoms with Crippen molar-refractivity contribution in [3.63, 3.8) is 0 Å². The summed E-state index contributed by atoms with van der Waals surface area (Å²) in [6.45, 7) is 2.87. The maximum atomic E-state index is 11.6. The van der Waals surface area contributed by atoms with E-state index in [0.717, 1.165) is 6.07 Å². The predicted octanol–water partition coefficient (Wildman–Crippen LogP) is 1.61. The Morgan fingerprint density at radius 3 is 2.48 bits per heavy atom. The second-order valence-corrected chi connectivity index (χ2v) is 5.02. The molecule has 9 heteroatoms. The van der Waals surface area contributed by atoms with Gasteiger partial charge in [0.05, 0.1) is 16.4 Å². The molecule has 0 bridgehead atoms. The smallest absolute Gasteiger partial charge is 0.334 e. The van der Waals surface area contributed by atoms with E-state index in [2.05, 4.69) is 9.98 Å². The Bertz CT molecular complexity index is 768. The van der Waals surface area contributed by atoms with Gasteiger partial charge in [0, 0.05) is 23.7 Å². The highest BCUT2D eigenvalue weighted by Crippen LogP contribution is 2.41. The van der Waals surface area contributed by atoms with Crippen LogP contribution in [-0.2, 0) is 9.59 Å². The largest absolute Gasteiger partial charge is 0.481 e. The first-order valence-corrected chi connectivity index (χ1v) is 6.57. The highest BCUT2D eigenvalue weighted by atomic mass is 16.6. The van der Waals surface area contributed by atoms with Crippen LogP contribution in [0, 0.1) is 16.0 Å². The lowest BCUT2D eigenvalue weighted by Gasteiger charge is -2.28. The molecule has 120 valence electrons. The number of allylic oxidation sites excluding steroid dienone is 1. The Balaban J connectivity index is 2.78. The summed E-state index contributed by atoms with van der Waals surface area (Å²) in [7, 11) is 0. The molecule has 2 N–H and O–H groups in total. The summed E-state index contributed by atoms with van der Waals surface area (Å²) in [4.78, 5) is 41.6. The van der Waals surface area contributed by atoms with Crippen LogP contribution in [0.2, 0.25) is 0 Å². The minimum Gasteiger partial charge on any atom is -0.481 e. The van der Waals surface area contributed by atoms with Gasteiger partial charge in [-0.05, 0) is 19.9 Å². The third-order valence-electron chi connectivity index (χ3n) is 3.63. The average Bonchev–Trinajstić information content (AvgIpc) is 2.45. The van der Waals surface area contributed by atoms with Crippen molar-refractivity contribution in [2.24, 2.45) is 10.9 Å². The summed E-state index contributed by atoms with van der Waals surface area (Å²) in [6.07, 6.45) is 1.26. The van der Waals surface area contributed by atoms with Crippen LogP contribution in [0.5, 0.6) is 0 Å². The quantitative estimate of drug-likeness (QED) is 0.633. The Labute approximate surface area is 130 Å². The summed E-state index contributed by atoms with van der Waals surface area (Å²) >= 11 is 0. The SMILES string of the molecule is CC1=NC(C)=C(C(=O)O)C(c2ncccc2[N+](=O)[O-])C1C(=O)O. The van der Waals surface area contributed by atoms with Gasteiger partial charge < -0.3 is 10.2 Å². The second-order valence-electron chi connectivity index (χ2n) is 5.02. The molecule has 0 aromatic carbocycles. The lowest BCUT2D eigenvalue weighted by Crippen LogP contribution is -2.35. The molecule has 1 aliphatic heterocycles. The summed E-state index contributed by atoms with van der Waals surface area (Å²) in [6, 6.07) is 2.50. The van der Waals surface area contributed by atoms with Gasteiger partial charge in [-0.1, -0.05) is 0 Å². The van der Waals surface area contributed by atoms with E-state index in [4.69, 9.17) is 0 Å². The van der Waals surface area contributed by atoms with Crippen LogP contribution in [0.3, 0.4) is 0 Å². The van der Waals surface area contributed by atoms with Crippen LogP contribution in [0.15, 0.2) is 34.6 Å². The topological polar surface area (TPSA) is 143 Å². The normalized spacial score (nSPS) is 20.9. The number of rotatable bonds is 4. The molecule has 1 aromatic heterocycles. The molecule has 0 aliphatic carbocycles. The number of hydrogen-bond donors (Lipinski definition) is 2. The van der Waals surface area contributed by atoms with Gasteiger partial charge in [-0.2, -0.15) is 0 Å². The summed E-state index contributed by atoms with van der Waals surface area (Å²) in [5.41, 5.74) is -0.645. The standard InChI is InChI=1S/C14H13N3O6/c1-6-9(13(18)19)11(10(14(20)21)7(2)16-6)12-8(17(22)23)4-3-5-15-12/h3-5,9,11H,1-2H3,(H,18,19)(H,20,21). The molecule has 23 heavy (non-hydrogen) atoms. The van der Waals surface area contributed by atoms with E-state index in [9.17, 15) is 29.9 Å². The van der Waals surface area contributed by atoms with Crippen LogP contribution in [0.1, 0.15) is 25.5 Å². The molecule has 0 saturated carbocycles. The maximum absolute atomic E-state index is 11.6. The van der Waals surface area contributed by atoms with Crippen LogP contribution in [-0.4, -0.2) is 37.8 Å². The van der Waals surface area contributed by atoms with Crippen molar-refractivity contribution in [1.82, 2.24) is 4.98 Å². The number of carboxylic acid groups (broad SMARTS) is 2. The monoisotopic (exact) mass is 319 g/mol. The van der Waals surface area contributed by atoms with E-state index >= 15 is 0 Å². The van der Waals surface area contributed by atoms with E-state index in [-0.39, 0.29) is 22.7 Å². The fourth-order valence-electron chi connectivity index (χ4n) is 2.73. The van der Waals surface area contributed by atoms with Crippen molar-refractivity contribution in [3.8, 4) is 0 Å². The average molecular weight is 319 g/mol. The molecule has 0 amide bonds. The zero-order chi connectivity index (χ0) is 17.3. The van der Waals surface area contributed by atoms with Crippen molar-refractivity contribution in [3.05, 3.63) is 45.4 Å². The van der Waals surface area contributed by atoms with E-state index in [1.807, 2.05) is 0 Å². The van der Waals surface area contributed by atoms with Gasteiger partial charge >= 0.3 is 11.9 Å². The van der Waals surface area contributed by atoms with Gasteiger partial charge in [-0.15, -0.1) is 0 Å². The molecule has 0 spiro atoms. The molecule has 0 radical (unpaired) electrons. The molecular weight excluding hydrogens is 306 g/mol. The van der Waals surface area contributed by atoms with Crippen LogP contribution in [0.4, 0.5) is 5.69 Å². The summed E-state index contributed by atoms with van der Waals surface area (Å²) < 4.78 is 0. The molecule has 2 rings (SSSR count). The molecule has 0 fully saturated rings. The van der Waals surface area contributed by atoms with Crippen molar-refractivity contribution in [2.45, 2.75) is 19.8 Å². The first-order valence-electron chi connectivity index (χ1n) is 6.57. The summed E-state index contributed by atoms with van der Waals surface area (Å²) in [5, 5.41) is 30.1. The van der Waals surface area contributed by atoms with Crippen molar-refractivity contribution in [1.29, 1.82) is 0 Å². The lowest BCUT2D eigenvalue weighted by molar-refractivity contribution is -0.386. The van der Waals surface area contributed by atoms with Gasteiger partial charge in [-0.3, -0.25) is 24.9 Å². The van der Waals surface area contributed by atoms with Gasteiger partial charge in [-0.25, -0.2) is 4.79 Å². The lowest BCUT2D eigenvalue weighted by atomic mass is 9.77. The number of carboxylic acids is 2. The first-order chi connectivity index (χ1) is 10.8. The minimum absolute atomic E-state index is 0.109. The van der Waals surface area contributed by atoms with Crippen molar-refractivity contribution in [2.75, 3.05) is 0 Å². The Morgan fingerprint density at radius 1 is 1.30 bits per heavy atom. The Kier molecular flexibility index (Phi) is 4.21. The molecular formula is C14H13N3O6. The molecule has 2 unspecified atom stereocenters. The highest BCUT2D eigenvalue weighted by Gasteiger charge is 2.44. The molecule has 0 saturated heterocycles. The van der Waals surface area contributed by atoms with E-state index in [0.29, 0.717) is 0 Å². The number of hydrogen-bond acceptors (Lipinski definition) is 6. The van der Waals surface area contributed by atoms with Gasteiger partial charge in [0.25, 0.3) is 5.69 Å². The molecule has 1 aliphatic rings. The fraction of sp³-hybridized carbons (Fsp3) is 0.286. The number of pyridine rings is 1. The van der Waals surface area contributed by atoms with Gasteiger partial charge in [0.15, 0.2) is 0 Å². The molecule has 1 aromatic rings. The number of aliphatic carboxylic acids is 2. The number of carbonyl (C=O) groups is 2. The third kappa shape index (κ3) is 2.80. The number of nitrogens with zero attached hydrogens (tertiary/aromatic N) is 3. The van der Waals surface area contributed by atoms with E-state index in [1.165, 1.54) is 26.1 Å². The van der Waals surface area contributed by atoms with Crippen molar-refractivity contribution >= 4 is 23.3 Å². The first kappa shape index (κ1) is 16.3.